The van der Waals surface area contributed by atoms with Crippen molar-refractivity contribution >= 4 is 119 Å². The molecule has 0 saturated carbocycles. The van der Waals surface area contributed by atoms with E-state index in [0.29, 0.717) is 0 Å². The smallest absolute Gasteiger partial charge is 0.0379 e. The molecule has 0 amide bonds. The Labute approximate surface area is 286 Å². The third-order valence-corrected chi connectivity index (χ3v) is 59.1. The monoisotopic (exact) mass is 818 g/mol. The van der Waals surface area contributed by atoms with Gasteiger partial charge in [0.05, 0.1) is 0 Å². The van der Waals surface area contributed by atoms with Crippen LogP contribution in [0.5, 0.6) is 0 Å². The van der Waals surface area contributed by atoms with E-state index in [1.807, 2.05) is 0 Å². The standard InChI is InChI=1S/C8H24Si4.6C3H9Si.2Ge/c1-9(2)11(5,6)12(7,8)10(3)4;6*1-4(2)3;;/h1-8H3;6*1-3H3;;. The maximum absolute atomic E-state index is 2.66. The van der Waals surface area contributed by atoms with Gasteiger partial charge in [0.2, 0.25) is 0 Å². The van der Waals surface area contributed by atoms with Crippen molar-refractivity contribution in [2.75, 3.05) is 0 Å². The average Bonchev–Trinajstić information content (AvgIpc) is 2.50. The molecule has 0 saturated heterocycles. The Morgan fingerprint density at radius 1 is 0.237 bits per heavy atom. The van der Waals surface area contributed by atoms with Crippen molar-refractivity contribution in [2.45, 2.75) is 170 Å². The summed E-state index contributed by atoms with van der Waals surface area (Å²) in [6, 6.07) is 0. The first kappa shape index (κ1) is 64.3. The van der Waals surface area contributed by atoms with Gasteiger partial charge in [0.25, 0.3) is 0 Å². The molecule has 0 unspecified atom stereocenters. The fraction of sp³-hybridized carbons (Fsp3) is 1.00. The Kier molecular flexibility index (Phi) is 68.1. The van der Waals surface area contributed by atoms with Crippen molar-refractivity contribution in [3.05, 3.63) is 0 Å². The molecule has 16 radical (unpaired) electrons. The van der Waals surface area contributed by atoms with Crippen molar-refractivity contribution in [3.8, 4) is 0 Å². The Balaban J connectivity index is -0.0000000395. The van der Waals surface area contributed by atoms with Crippen molar-refractivity contribution in [1.82, 2.24) is 0 Å². The molecule has 0 spiro atoms. The second kappa shape index (κ2) is 40.3. The maximum atomic E-state index is 2.66. The topological polar surface area (TPSA) is 0 Å². The zero-order chi connectivity index (χ0) is 31.6. The molecule has 0 atom stereocenters. The molecule has 0 aliphatic heterocycles. The summed E-state index contributed by atoms with van der Waals surface area (Å²) in [7, 11) is -0.821. The van der Waals surface area contributed by atoms with Crippen LogP contribution in [0.3, 0.4) is 0 Å². The summed E-state index contributed by atoms with van der Waals surface area (Å²) in [4.78, 5) is 0. The van der Waals surface area contributed by atoms with E-state index in [1.54, 1.807) is 0 Å². The summed E-state index contributed by atoms with van der Waals surface area (Å²) >= 11 is 0. The molecule has 0 N–H and O–H groups in total. The Hall–Kier alpha value is 3.25. The van der Waals surface area contributed by atoms with E-state index >= 15 is 0 Å². The van der Waals surface area contributed by atoms with Gasteiger partial charge in [-0.05, 0) is 0 Å². The van der Waals surface area contributed by atoms with Crippen molar-refractivity contribution in [3.63, 3.8) is 0 Å². The third kappa shape index (κ3) is 97.6. The fourth-order valence-electron chi connectivity index (χ4n) is 1.25. The molecule has 0 aromatic heterocycles. The first-order chi connectivity index (χ1) is 15.5. The van der Waals surface area contributed by atoms with Gasteiger partial charge >= 0.3 is 0 Å². The van der Waals surface area contributed by atoms with E-state index in [1.165, 1.54) is 0 Å². The summed E-state index contributed by atoms with van der Waals surface area (Å²) in [5.41, 5.74) is 0. The first-order valence-electron chi connectivity index (χ1n) is 13.8. The predicted molar refractivity (Wildman–Crippen MR) is 222 cm³/mol. The minimum atomic E-state index is -0.785. The predicted octanol–water partition coefficient (Wildman–Crippen LogP) is 10.6. The van der Waals surface area contributed by atoms with E-state index < -0.39 is 14.2 Å². The van der Waals surface area contributed by atoms with E-state index in [2.05, 4.69) is 170 Å². The Morgan fingerprint density at radius 3 is 0.316 bits per heavy atom. The molecule has 0 nitrogen and oxygen atoms in total. The largest absolute Gasteiger partial charge is 0.0735 e. The molecule has 0 aliphatic rings. The normalized spacial score (nSPS) is 10.3. The summed E-state index contributed by atoms with van der Waals surface area (Å²) in [6.45, 7) is 61.6. The van der Waals surface area contributed by atoms with E-state index in [-0.39, 0.29) is 105 Å². The summed E-state index contributed by atoms with van der Waals surface area (Å²) < 4.78 is 0. The van der Waals surface area contributed by atoms with Gasteiger partial charge in [0, 0.05) is 119 Å². The quantitative estimate of drug-likeness (QED) is 0.249. The van der Waals surface area contributed by atoms with E-state index in [9.17, 15) is 0 Å². The van der Waals surface area contributed by atoms with Gasteiger partial charge in [0.15, 0.2) is 0 Å². The Morgan fingerprint density at radius 2 is 0.289 bits per heavy atom. The van der Waals surface area contributed by atoms with Crippen molar-refractivity contribution in [1.29, 1.82) is 0 Å². The van der Waals surface area contributed by atoms with Gasteiger partial charge < -0.3 is 0 Å². The third-order valence-electron chi connectivity index (χ3n) is 4.06. The van der Waals surface area contributed by atoms with E-state index in [4.69, 9.17) is 0 Å². The molecule has 38 heavy (non-hydrogen) atoms. The fourth-order valence-corrected chi connectivity index (χ4v) is 47.2. The second-order valence-corrected chi connectivity index (χ2v) is 66.8. The maximum Gasteiger partial charge on any atom is 0.0379 e. The second-order valence-electron chi connectivity index (χ2n) is 14.2. The average molecular weight is 817 g/mol. The van der Waals surface area contributed by atoms with Crippen LogP contribution in [0.4, 0.5) is 0 Å². The van der Waals surface area contributed by atoms with Crippen molar-refractivity contribution < 1.29 is 0 Å². The summed E-state index contributed by atoms with van der Waals surface area (Å²) in [5.74, 6) is 0. The van der Waals surface area contributed by atoms with Crippen LogP contribution in [-0.4, -0.2) is 119 Å². The zero-order valence-electron chi connectivity index (χ0n) is 32.0. The molecule has 0 bridgehead atoms. The molecule has 0 aliphatic carbocycles. The number of rotatable bonds is 3. The molecule has 0 aromatic carbocycles. The van der Waals surface area contributed by atoms with Crippen LogP contribution < -0.4 is 0 Å². The molecule has 230 valence electrons. The van der Waals surface area contributed by atoms with Crippen molar-refractivity contribution in [2.24, 2.45) is 0 Å². The zero-order valence-corrected chi connectivity index (χ0v) is 46.2. The number of hydrogen-bond acceptors (Lipinski definition) is 0. The van der Waals surface area contributed by atoms with Gasteiger partial charge in [-0.15, -0.1) is 0 Å². The first-order valence-corrected chi connectivity index (χ1v) is 45.8. The molecule has 0 aromatic rings. The summed E-state index contributed by atoms with van der Waals surface area (Å²) in [5, 5.41) is 0. The van der Waals surface area contributed by atoms with Crippen LogP contribution in [0.25, 0.3) is 0 Å². The van der Waals surface area contributed by atoms with Gasteiger partial charge in [-0.1, -0.05) is 170 Å². The van der Waals surface area contributed by atoms with Gasteiger partial charge in [-0.2, -0.15) is 0 Å². The van der Waals surface area contributed by atoms with Gasteiger partial charge in [-0.25, -0.2) is 0 Å². The minimum absolute atomic E-state index is 0. The van der Waals surface area contributed by atoms with Crippen LogP contribution in [0.2, 0.25) is 170 Å². The van der Waals surface area contributed by atoms with Crippen LogP contribution in [0.1, 0.15) is 0 Å². The SMILES string of the molecule is C[Si](C)C.C[Si](C)C.C[Si](C)C.C[Si](C)C.C[Si](C)C.C[Si](C)C.C[Si](C)[Si](C)(C)[Si](C)(C)[Si](C)C.[Ge].[Ge]. The van der Waals surface area contributed by atoms with Crippen LogP contribution >= 0.6 is 0 Å². The number of hydrogen-bond donors (Lipinski definition) is 0. The van der Waals surface area contributed by atoms with Crippen LogP contribution in [-0.2, 0) is 0 Å². The van der Waals surface area contributed by atoms with Gasteiger partial charge in [0.1, 0.15) is 0 Å². The molecule has 0 heterocycles. The summed E-state index contributed by atoms with van der Waals surface area (Å²) in [6.07, 6.45) is 0. The van der Waals surface area contributed by atoms with Crippen LogP contribution in [0.15, 0.2) is 0 Å². The molecule has 0 fully saturated rings. The van der Waals surface area contributed by atoms with Gasteiger partial charge in [-0.3, -0.25) is 0 Å². The van der Waals surface area contributed by atoms with Crippen LogP contribution in [0, 0.1) is 0 Å². The molecular weight excluding hydrogens is 738 g/mol. The minimum Gasteiger partial charge on any atom is -0.0735 e. The van der Waals surface area contributed by atoms with E-state index in [0.717, 1.165) is 0 Å². The molecular formula is C26H78Ge2Si10. The Bertz CT molecular complexity index is 309. The molecule has 12 heteroatoms. The molecule has 0 rings (SSSR count).